The molecule has 3 aromatic rings. The molecule has 4 bridgehead atoms. The van der Waals surface area contributed by atoms with E-state index < -0.39 is 15.9 Å². The number of amides is 1. The van der Waals surface area contributed by atoms with Gasteiger partial charge in [0.05, 0.1) is 17.3 Å². The number of carbonyl (C=O) groups is 1. The monoisotopic (exact) mass is 576 g/mol. The molecule has 0 radical (unpaired) electrons. The van der Waals surface area contributed by atoms with E-state index in [-0.39, 0.29) is 27.6 Å². The van der Waals surface area contributed by atoms with Crippen LogP contribution in [-0.4, -0.2) is 41.4 Å². The maximum absolute atomic E-state index is 13.6. The van der Waals surface area contributed by atoms with Gasteiger partial charge in [-0.3, -0.25) is 9.78 Å². The Morgan fingerprint density at radius 3 is 2.56 bits per heavy atom. The summed E-state index contributed by atoms with van der Waals surface area (Å²) >= 11 is 0. The molecule has 0 aromatic carbocycles. The number of pyridine rings is 3. The zero-order chi connectivity index (χ0) is 29.4. The maximum Gasteiger partial charge on any atom is 0.281 e. The van der Waals surface area contributed by atoms with Gasteiger partial charge in [0.25, 0.3) is 15.9 Å². The predicted molar refractivity (Wildman–Crippen MR) is 160 cm³/mol. The lowest BCUT2D eigenvalue weighted by Gasteiger charge is -2.34. The molecule has 5 heterocycles. The van der Waals surface area contributed by atoms with Gasteiger partial charge in [0, 0.05) is 24.0 Å². The van der Waals surface area contributed by atoms with Crippen molar-refractivity contribution < 1.29 is 13.2 Å². The minimum absolute atomic E-state index is 0.135. The zero-order valence-corrected chi connectivity index (χ0v) is 25.3. The van der Waals surface area contributed by atoms with Gasteiger partial charge in [0.1, 0.15) is 11.6 Å². The molecule has 0 aliphatic carbocycles. The van der Waals surface area contributed by atoms with E-state index in [1.807, 2.05) is 24.3 Å². The number of hydrogen-bond donors (Lipinski definition) is 2. The molecule has 41 heavy (non-hydrogen) atoms. The fourth-order valence-corrected chi connectivity index (χ4v) is 6.73. The van der Waals surface area contributed by atoms with E-state index in [0.717, 1.165) is 50.0 Å². The molecule has 2 aliphatic heterocycles. The Balaban J connectivity index is 1.58. The van der Waals surface area contributed by atoms with Crippen molar-refractivity contribution in [1.82, 2.24) is 19.7 Å². The van der Waals surface area contributed by atoms with Gasteiger partial charge in [-0.05, 0) is 93.7 Å². The first-order valence-electron chi connectivity index (χ1n) is 14.3. The van der Waals surface area contributed by atoms with Gasteiger partial charge in [-0.2, -0.15) is 8.42 Å². The summed E-state index contributed by atoms with van der Waals surface area (Å²) < 4.78 is 29.0. The van der Waals surface area contributed by atoms with Crippen LogP contribution in [0.3, 0.4) is 0 Å². The Hall–Kier alpha value is -3.53. The van der Waals surface area contributed by atoms with E-state index in [4.69, 9.17) is 4.98 Å². The van der Waals surface area contributed by atoms with Crippen LogP contribution in [0.1, 0.15) is 88.1 Å². The number of hydrogen-bond acceptors (Lipinski definition) is 8. The highest BCUT2D eigenvalue weighted by molar-refractivity contribution is 7.90. The first kappa shape index (κ1) is 29.0. The largest absolute Gasteiger partial charge is 0.362 e. The van der Waals surface area contributed by atoms with Crippen molar-refractivity contribution in [2.45, 2.75) is 83.3 Å². The fourth-order valence-electron chi connectivity index (χ4n) is 5.80. The standard InChI is InChI=1S/C31H40N6O3S/c1-30(2,3)17-16-22-13-14-23-28(33-22)37-20-21(19-31(37,4)5)12-15-25(24-9-6-7-18-32-24)34-26-10-8-11-27(35-26)41(39,40)36-29(23)38/h6-11,13-14,18,21,25H,12,15-17,19-20H2,1-5H3,(H,34,35)(H,36,38)/t21-,25+/m0/s1. The number of aryl methyl sites for hydroxylation is 1. The molecule has 1 fully saturated rings. The summed E-state index contributed by atoms with van der Waals surface area (Å²) in [4.78, 5) is 29.7. The zero-order valence-electron chi connectivity index (χ0n) is 24.5. The summed E-state index contributed by atoms with van der Waals surface area (Å²) in [6, 6.07) is 13.9. The van der Waals surface area contributed by atoms with Crippen LogP contribution in [0, 0.1) is 11.3 Å². The highest BCUT2D eigenvalue weighted by Crippen LogP contribution is 2.40. The number of nitrogens with zero attached hydrogens (tertiary/aromatic N) is 4. The lowest BCUT2D eigenvalue weighted by Crippen LogP contribution is -2.41. The van der Waals surface area contributed by atoms with Gasteiger partial charge in [-0.15, -0.1) is 0 Å². The number of fused-ring (bicyclic) bond motifs is 6. The number of aromatic nitrogens is 3. The van der Waals surface area contributed by atoms with Gasteiger partial charge in [-0.1, -0.05) is 32.9 Å². The normalized spacial score (nSPS) is 22.1. The van der Waals surface area contributed by atoms with E-state index >= 15 is 0 Å². The Kier molecular flexibility index (Phi) is 7.80. The quantitative estimate of drug-likeness (QED) is 0.419. The molecule has 9 nitrogen and oxygen atoms in total. The molecule has 10 heteroatoms. The number of nitrogens with one attached hydrogen (secondary N) is 2. The lowest BCUT2D eigenvalue weighted by molar-refractivity contribution is 0.0981. The smallest absolute Gasteiger partial charge is 0.281 e. The molecule has 0 saturated carbocycles. The van der Waals surface area contributed by atoms with Crippen LogP contribution in [0.2, 0.25) is 0 Å². The molecule has 1 amide bonds. The van der Waals surface area contributed by atoms with Crippen LogP contribution in [0.5, 0.6) is 0 Å². The molecule has 0 unspecified atom stereocenters. The van der Waals surface area contributed by atoms with Crippen molar-refractivity contribution in [2.24, 2.45) is 11.3 Å². The van der Waals surface area contributed by atoms with Gasteiger partial charge < -0.3 is 10.2 Å². The molecule has 0 spiro atoms. The van der Waals surface area contributed by atoms with Crippen LogP contribution < -0.4 is 14.9 Å². The minimum atomic E-state index is -4.25. The fraction of sp³-hybridized carbons (Fsp3) is 0.484. The number of anilines is 2. The van der Waals surface area contributed by atoms with Crippen molar-refractivity contribution in [1.29, 1.82) is 0 Å². The second-order valence-corrected chi connectivity index (χ2v) is 14.7. The first-order chi connectivity index (χ1) is 19.3. The van der Waals surface area contributed by atoms with Crippen LogP contribution in [0.15, 0.2) is 59.8 Å². The van der Waals surface area contributed by atoms with Gasteiger partial charge in [-0.25, -0.2) is 14.7 Å². The third-order valence-corrected chi connectivity index (χ3v) is 9.21. The molecule has 1 saturated heterocycles. The Labute approximate surface area is 243 Å². The summed E-state index contributed by atoms with van der Waals surface area (Å²) in [6.45, 7) is 11.6. The van der Waals surface area contributed by atoms with Crippen LogP contribution in [0.25, 0.3) is 0 Å². The molecular weight excluding hydrogens is 536 g/mol. The Bertz CT molecular complexity index is 1520. The van der Waals surface area contributed by atoms with Gasteiger partial charge in [0.2, 0.25) is 0 Å². The summed E-state index contributed by atoms with van der Waals surface area (Å²) in [7, 11) is -4.25. The van der Waals surface area contributed by atoms with E-state index in [1.54, 1.807) is 24.4 Å². The third kappa shape index (κ3) is 6.69. The van der Waals surface area contributed by atoms with Gasteiger partial charge in [0.15, 0.2) is 5.03 Å². The maximum atomic E-state index is 13.6. The molecule has 5 rings (SSSR count). The minimum Gasteiger partial charge on any atom is -0.362 e. The number of carbonyl (C=O) groups excluding carboxylic acids is 1. The van der Waals surface area contributed by atoms with Crippen molar-refractivity contribution in [3.05, 3.63) is 71.7 Å². The molecule has 2 atom stereocenters. The highest BCUT2D eigenvalue weighted by Gasteiger charge is 2.41. The van der Waals surface area contributed by atoms with Crippen molar-refractivity contribution in [2.75, 3.05) is 16.8 Å². The number of sulfonamides is 1. The molecule has 2 aliphatic rings. The molecule has 3 aromatic heterocycles. The summed E-state index contributed by atoms with van der Waals surface area (Å²) in [5, 5.41) is 3.17. The SMILES string of the molecule is CC(C)(C)CCc1ccc2c(n1)N1C[C@@H](CC[C@H](c3ccccn3)Nc3cccc(n3)S(=O)(=O)NC2=O)CC1(C)C. The Morgan fingerprint density at radius 2 is 1.83 bits per heavy atom. The van der Waals surface area contributed by atoms with E-state index in [0.29, 0.717) is 17.6 Å². The Morgan fingerprint density at radius 1 is 1.02 bits per heavy atom. The van der Waals surface area contributed by atoms with Crippen molar-refractivity contribution >= 4 is 27.6 Å². The summed E-state index contributed by atoms with van der Waals surface area (Å²) in [5.41, 5.74) is 1.86. The average Bonchev–Trinajstić information content (AvgIpc) is 3.23. The molecule has 218 valence electrons. The predicted octanol–water partition coefficient (Wildman–Crippen LogP) is 5.52. The van der Waals surface area contributed by atoms with Crippen molar-refractivity contribution in [3.8, 4) is 0 Å². The third-order valence-electron chi connectivity index (χ3n) is 7.98. The first-order valence-corrected chi connectivity index (χ1v) is 15.8. The van der Waals surface area contributed by atoms with Crippen LogP contribution in [-0.2, 0) is 16.4 Å². The second kappa shape index (κ2) is 11.0. The van der Waals surface area contributed by atoms with E-state index in [1.165, 1.54) is 6.07 Å². The molecule has 2 N–H and O–H groups in total. The van der Waals surface area contributed by atoms with E-state index in [9.17, 15) is 13.2 Å². The molecular formula is C31H40N6O3S. The topological polar surface area (TPSA) is 117 Å². The van der Waals surface area contributed by atoms with Gasteiger partial charge >= 0.3 is 0 Å². The summed E-state index contributed by atoms with van der Waals surface area (Å²) in [5.74, 6) is 0.579. The lowest BCUT2D eigenvalue weighted by atomic mass is 9.89. The average molecular weight is 577 g/mol. The summed E-state index contributed by atoms with van der Waals surface area (Å²) in [6.07, 6.45) is 6.09. The van der Waals surface area contributed by atoms with Crippen molar-refractivity contribution in [3.63, 3.8) is 0 Å². The van der Waals surface area contributed by atoms with Crippen LogP contribution >= 0.6 is 0 Å². The van der Waals surface area contributed by atoms with Crippen LogP contribution in [0.4, 0.5) is 11.6 Å². The van der Waals surface area contributed by atoms with E-state index in [2.05, 4.69) is 59.5 Å². The number of rotatable bonds is 3. The highest BCUT2D eigenvalue weighted by atomic mass is 32.2. The second-order valence-electron chi connectivity index (χ2n) is 13.1.